The predicted molar refractivity (Wildman–Crippen MR) is 90.2 cm³/mol. The third-order valence-corrected chi connectivity index (χ3v) is 5.82. The van der Waals surface area contributed by atoms with Gasteiger partial charge in [-0.2, -0.15) is 0 Å². The van der Waals surface area contributed by atoms with Crippen LogP contribution in [0.3, 0.4) is 0 Å². The highest BCUT2D eigenvalue weighted by molar-refractivity contribution is 7.16. The summed E-state index contributed by atoms with van der Waals surface area (Å²) in [6, 6.07) is 8.98. The van der Waals surface area contributed by atoms with E-state index in [1.54, 1.807) is 11.3 Å². The third kappa shape index (κ3) is 2.44. The van der Waals surface area contributed by atoms with Crippen LogP contribution < -0.4 is 10.2 Å². The average Bonchev–Trinajstić information content (AvgIpc) is 3.06. The summed E-state index contributed by atoms with van der Waals surface area (Å²) in [5.41, 5.74) is 4.49. The van der Waals surface area contributed by atoms with Crippen LogP contribution in [-0.2, 0) is 0 Å². The van der Waals surface area contributed by atoms with E-state index in [4.69, 9.17) is 0 Å². The summed E-state index contributed by atoms with van der Waals surface area (Å²) in [5.74, 6) is 0. The summed E-state index contributed by atoms with van der Waals surface area (Å²) in [6.45, 7) is 3.41. The molecule has 0 amide bonds. The highest BCUT2D eigenvalue weighted by Crippen LogP contribution is 2.40. The zero-order valence-electron chi connectivity index (χ0n) is 12.6. The first-order valence-electron chi connectivity index (χ1n) is 8.20. The fraction of sp³-hybridized carbons (Fsp3) is 0.588. The number of anilines is 1. The molecule has 3 nitrogen and oxygen atoms in total. The van der Waals surface area contributed by atoms with Crippen molar-refractivity contribution in [3.63, 3.8) is 0 Å². The van der Waals surface area contributed by atoms with Crippen LogP contribution in [-0.4, -0.2) is 29.7 Å². The van der Waals surface area contributed by atoms with E-state index in [-0.39, 0.29) is 0 Å². The van der Waals surface area contributed by atoms with E-state index >= 15 is 0 Å². The summed E-state index contributed by atoms with van der Waals surface area (Å²) in [5, 5.41) is 3.73. The van der Waals surface area contributed by atoms with Crippen molar-refractivity contribution < 1.29 is 0 Å². The molecule has 0 spiro atoms. The second-order valence-corrected chi connectivity index (χ2v) is 7.31. The van der Waals surface area contributed by atoms with Crippen LogP contribution in [0.1, 0.15) is 39.0 Å². The number of thiazole rings is 1. The number of hydrogen-bond donors (Lipinski definition) is 1. The Kier molecular flexibility index (Phi) is 3.59. The Bertz CT molecular complexity index is 609. The minimum absolute atomic E-state index is 0.725. The SMILES string of the molecule is CCCNC1CC2CCC(C1)N2c1ccc2ncsc2c1. The Labute approximate surface area is 130 Å². The van der Waals surface area contributed by atoms with Gasteiger partial charge in [-0.05, 0) is 56.8 Å². The van der Waals surface area contributed by atoms with Crippen molar-refractivity contribution in [3.8, 4) is 0 Å². The van der Waals surface area contributed by atoms with Crippen molar-refractivity contribution in [2.45, 2.75) is 57.2 Å². The molecule has 2 aromatic rings. The Hall–Kier alpha value is -1.13. The molecule has 4 heteroatoms. The molecule has 2 fully saturated rings. The molecule has 2 aliphatic heterocycles. The smallest absolute Gasteiger partial charge is 0.0813 e. The number of aromatic nitrogens is 1. The lowest BCUT2D eigenvalue weighted by atomic mass is 9.96. The summed E-state index contributed by atoms with van der Waals surface area (Å²) < 4.78 is 1.32. The molecule has 0 aliphatic carbocycles. The molecular weight excluding hydrogens is 278 g/mol. The Morgan fingerprint density at radius 3 is 2.86 bits per heavy atom. The maximum Gasteiger partial charge on any atom is 0.0813 e. The molecule has 4 rings (SSSR count). The van der Waals surface area contributed by atoms with E-state index in [2.05, 4.69) is 40.3 Å². The average molecular weight is 301 g/mol. The second kappa shape index (κ2) is 5.58. The highest BCUT2D eigenvalue weighted by Gasteiger charge is 2.40. The minimum Gasteiger partial charge on any atom is -0.365 e. The van der Waals surface area contributed by atoms with E-state index in [1.807, 2.05) is 5.51 Å². The molecule has 21 heavy (non-hydrogen) atoms. The number of hydrogen-bond acceptors (Lipinski definition) is 4. The van der Waals surface area contributed by atoms with E-state index < -0.39 is 0 Å². The molecule has 3 heterocycles. The molecule has 1 N–H and O–H groups in total. The molecule has 2 aliphatic rings. The van der Waals surface area contributed by atoms with Crippen LogP contribution in [0.4, 0.5) is 5.69 Å². The van der Waals surface area contributed by atoms with Gasteiger partial charge in [-0.25, -0.2) is 4.98 Å². The van der Waals surface area contributed by atoms with Crippen molar-refractivity contribution in [2.75, 3.05) is 11.4 Å². The molecular formula is C17H23N3S. The summed E-state index contributed by atoms with van der Waals surface area (Å²) in [7, 11) is 0. The number of rotatable bonds is 4. The van der Waals surface area contributed by atoms with Crippen LogP contribution in [0.25, 0.3) is 10.2 Å². The zero-order chi connectivity index (χ0) is 14.2. The van der Waals surface area contributed by atoms with Gasteiger partial charge < -0.3 is 10.2 Å². The molecule has 0 radical (unpaired) electrons. The first-order chi connectivity index (χ1) is 10.3. The lowest BCUT2D eigenvalue weighted by Gasteiger charge is -2.41. The van der Waals surface area contributed by atoms with Gasteiger partial charge in [0.1, 0.15) is 0 Å². The molecule has 2 atom stereocenters. The second-order valence-electron chi connectivity index (χ2n) is 6.42. The fourth-order valence-corrected chi connectivity index (χ4v) is 4.83. The quantitative estimate of drug-likeness (QED) is 0.931. The van der Waals surface area contributed by atoms with Crippen LogP contribution >= 0.6 is 11.3 Å². The molecule has 1 aromatic heterocycles. The Balaban J connectivity index is 1.56. The fourth-order valence-electron chi connectivity index (χ4n) is 4.12. The number of nitrogens with one attached hydrogen (secondary N) is 1. The van der Waals surface area contributed by atoms with E-state index in [9.17, 15) is 0 Å². The highest BCUT2D eigenvalue weighted by atomic mass is 32.1. The predicted octanol–water partition coefficient (Wildman–Crippen LogP) is 3.80. The van der Waals surface area contributed by atoms with Crippen LogP contribution in [0.5, 0.6) is 0 Å². The van der Waals surface area contributed by atoms with Crippen molar-refractivity contribution in [2.24, 2.45) is 0 Å². The van der Waals surface area contributed by atoms with Crippen molar-refractivity contribution in [1.29, 1.82) is 0 Å². The largest absolute Gasteiger partial charge is 0.365 e. The van der Waals surface area contributed by atoms with Gasteiger partial charge in [-0.15, -0.1) is 11.3 Å². The van der Waals surface area contributed by atoms with Crippen LogP contribution in [0.2, 0.25) is 0 Å². The minimum atomic E-state index is 0.725. The Morgan fingerprint density at radius 1 is 1.29 bits per heavy atom. The van der Waals surface area contributed by atoms with Gasteiger partial charge in [0.05, 0.1) is 15.7 Å². The summed E-state index contributed by atoms with van der Waals surface area (Å²) in [6.07, 6.45) is 6.55. The van der Waals surface area contributed by atoms with E-state index in [0.29, 0.717) is 0 Å². The van der Waals surface area contributed by atoms with E-state index in [0.717, 1.165) is 30.2 Å². The monoisotopic (exact) mass is 301 g/mol. The summed E-state index contributed by atoms with van der Waals surface area (Å²) in [4.78, 5) is 7.09. The topological polar surface area (TPSA) is 28.2 Å². The number of fused-ring (bicyclic) bond motifs is 3. The normalized spacial score (nSPS) is 28.4. The van der Waals surface area contributed by atoms with Crippen molar-refractivity contribution in [1.82, 2.24) is 10.3 Å². The third-order valence-electron chi connectivity index (χ3n) is 5.03. The van der Waals surface area contributed by atoms with Crippen LogP contribution in [0, 0.1) is 0 Å². The van der Waals surface area contributed by atoms with Gasteiger partial charge >= 0.3 is 0 Å². The van der Waals surface area contributed by atoms with E-state index in [1.165, 1.54) is 42.5 Å². The van der Waals surface area contributed by atoms with Gasteiger partial charge in [0.2, 0.25) is 0 Å². The van der Waals surface area contributed by atoms with Gasteiger partial charge in [-0.3, -0.25) is 0 Å². The molecule has 1 aromatic carbocycles. The molecule has 0 saturated carbocycles. The Morgan fingerprint density at radius 2 is 2.10 bits per heavy atom. The maximum atomic E-state index is 4.39. The van der Waals surface area contributed by atoms with Crippen LogP contribution in [0.15, 0.2) is 23.7 Å². The van der Waals surface area contributed by atoms with Gasteiger partial charge in [0.15, 0.2) is 0 Å². The van der Waals surface area contributed by atoms with Crippen molar-refractivity contribution in [3.05, 3.63) is 23.7 Å². The molecule has 2 bridgehead atoms. The van der Waals surface area contributed by atoms with Crippen molar-refractivity contribution >= 4 is 27.2 Å². The lowest BCUT2D eigenvalue weighted by Crippen LogP contribution is -2.49. The molecule has 2 unspecified atom stereocenters. The zero-order valence-corrected chi connectivity index (χ0v) is 13.4. The molecule has 2 saturated heterocycles. The summed E-state index contributed by atoms with van der Waals surface area (Å²) >= 11 is 1.75. The first-order valence-corrected chi connectivity index (χ1v) is 9.08. The number of benzene rings is 1. The molecule has 112 valence electrons. The maximum absolute atomic E-state index is 4.39. The van der Waals surface area contributed by atoms with Gasteiger partial charge in [0.25, 0.3) is 0 Å². The van der Waals surface area contributed by atoms with Gasteiger partial charge in [0, 0.05) is 23.8 Å². The van der Waals surface area contributed by atoms with Gasteiger partial charge in [-0.1, -0.05) is 6.92 Å². The number of nitrogens with zero attached hydrogens (tertiary/aromatic N) is 2. The first kappa shape index (κ1) is 13.5. The standard InChI is InChI=1S/C17H23N3S/c1-2-7-18-12-8-13-3-4-14(9-12)20(13)15-5-6-16-17(10-15)21-11-19-16/h5-6,10-14,18H,2-4,7-9H2,1H3. The lowest BCUT2D eigenvalue weighted by molar-refractivity contribution is 0.357. The number of piperidine rings is 1.